The zero-order valence-electron chi connectivity index (χ0n) is 22.0. The van der Waals surface area contributed by atoms with Crippen molar-refractivity contribution in [1.29, 1.82) is 0 Å². The van der Waals surface area contributed by atoms with Crippen LogP contribution in [-0.2, 0) is 21.4 Å². The predicted molar refractivity (Wildman–Crippen MR) is 156 cm³/mol. The first kappa shape index (κ1) is 29.0. The first-order chi connectivity index (χ1) is 19.7. The maximum absolute atomic E-state index is 13.0. The molecule has 0 radical (unpaired) electrons. The average molecular weight is 575 g/mol. The Balaban J connectivity index is 1.28. The molecule has 41 heavy (non-hydrogen) atoms. The van der Waals surface area contributed by atoms with Crippen molar-refractivity contribution in [3.05, 3.63) is 126 Å². The molecule has 0 saturated heterocycles. The highest BCUT2D eigenvalue weighted by atomic mass is 32.2. The van der Waals surface area contributed by atoms with Crippen molar-refractivity contribution < 1.29 is 27.1 Å². The van der Waals surface area contributed by atoms with Crippen LogP contribution < -0.4 is 19.8 Å². The summed E-state index contributed by atoms with van der Waals surface area (Å²) in [6.07, 6.45) is 2.58. The van der Waals surface area contributed by atoms with Gasteiger partial charge in [-0.1, -0.05) is 30.3 Å². The van der Waals surface area contributed by atoms with Crippen molar-refractivity contribution >= 4 is 39.4 Å². The Morgan fingerprint density at radius 2 is 1.56 bits per heavy atom. The van der Waals surface area contributed by atoms with Crippen LogP contribution in [0.1, 0.15) is 21.5 Å². The van der Waals surface area contributed by atoms with Crippen molar-refractivity contribution in [2.45, 2.75) is 6.54 Å². The van der Waals surface area contributed by atoms with Gasteiger partial charge in [0.2, 0.25) is 10.0 Å². The first-order valence-electron chi connectivity index (χ1n) is 12.4. The van der Waals surface area contributed by atoms with Gasteiger partial charge in [-0.05, 0) is 83.9 Å². The highest BCUT2D eigenvalue weighted by Crippen LogP contribution is 2.21. The zero-order valence-corrected chi connectivity index (χ0v) is 22.8. The molecule has 2 amide bonds. The third kappa shape index (κ3) is 8.73. The van der Waals surface area contributed by atoms with Gasteiger partial charge >= 0.3 is 0 Å². The lowest BCUT2D eigenvalue weighted by molar-refractivity contribution is -0.118. The molecule has 0 bridgehead atoms. The number of hydrogen-bond acceptors (Lipinski definition) is 6. The molecule has 4 rings (SSSR count). The minimum Gasteiger partial charge on any atom is -0.484 e. The number of nitrogens with zero attached hydrogens (tertiary/aromatic N) is 2. The quantitative estimate of drug-likeness (QED) is 0.201. The summed E-state index contributed by atoms with van der Waals surface area (Å²) in [4.78, 5) is 24.5. The van der Waals surface area contributed by atoms with Crippen LogP contribution in [0.25, 0.3) is 0 Å². The Morgan fingerprint density at radius 3 is 2.20 bits per heavy atom. The molecule has 0 saturated carbocycles. The molecule has 0 heterocycles. The normalized spacial score (nSPS) is 11.2. The van der Waals surface area contributed by atoms with Crippen molar-refractivity contribution in [3.63, 3.8) is 0 Å². The number of benzene rings is 4. The lowest BCUT2D eigenvalue weighted by Crippen LogP contribution is -2.29. The Morgan fingerprint density at radius 1 is 0.902 bits per heavy atom. The van der Waals surface area contributed by atoms with Gasteiger partial charge in [0.05, 0.1) is 24.7 Å². The lowest BCUT2D eigenvalue weighted by atomic mass is 10.2. The molecule has 9 nitrogen and oxygen atoms in total. The first-order valence-corrected chi connectivity index (χ1v) is 14.3. The number of anilines is 2. The number of carbonyl (C=O) groups is 2. The fourth-order valence-corrected chi connectivity index (χ4v) is 4.58. The van der Waals surface area contributed by atoms with E-state index < -0.39 is 27.7 Å². The van der Waals surface area contributed by atoms with Crippen LogP contribution >= 0.6 is 0 Å². The highest BCUT2D eigenvalue weighted by Gasteiger charge is 2.18. The number of halogens is 1. The monoisotopic (exact) mass is 574 g/mol. The fraction of sp³-hybridized carbons (Fsp3) is 0.100. The topological polar surface area (TPSA) is 117 Å². The van der Waals surface area contributed by atoms with E-state index in [1.54, 1.807) is 36.4 Å². The third-order valence-electron chi connectivity index (χ3n) is 5.74. The van der Waals surface area contributed by atoms with Crippen LogP contribution in [0.5, 0.6) is 5.75 Å². The fourth-order valence-electron chi connectivity index (χ4n) is 3.69. The number of hydrogen-bond donors (Lipinski definition) is 2. The van der Waals surface area contributed by atoms with Gasteiger partial charge in [0.25, 0.3) is 11.8 Å². The molecule has 4 aromatic rings. The minimum absolute atomic E-state index is 0.169. The Kier molecular flexibility index (Phi) is 9.43. The summed E-state index contributed by atoms with van der Waals surface area (Å²) < 4.78 is 44.5. The standard InChI is InChI=1S/C30H27FN4O5S/c1-41(38,39)35(20-23-5-3-2-4-6-23)27-15-9-24(10-16-27)30(37)34-32-19-22-7-17-28(18-8-22)40-21-29(36)33-26-13-11-25(31)12-14-26/h2-19H,20-21H2,1H3,(H,33,36)(H,34,37)/b32-19-. The van der Waals surface area contributed by atoms with Crippen molar-refractivity contribution in [3.8, 4) is 5.75 Å². The molecule has 0 fully saturated rings. The molecule has 0 aromatic heterocycles. The van der Waals surface area contributed by atoms with Crippen molar-refractivity contribution in [2.75, 3.05) is 22.5 Å². The van der Waals surface area contributed by atoms with Gasteiger partial charge in [-0.2, -0.15) is 5.10 Å². The van der Waals surface area contributed by atoms with E-state index in [2.05, 4.69) is 15.8 Å². The summed E-state index contributed by atoms with van der Waals surface area (Å²) >= 11 is 0. The Hall–Kier alpha value is -5.03. The van der Waals surface area contributed by atoms with Crippen LogP contribution in [-0.4, -0.2) is 39.3 Å². The number of nitrogens with one attached hydrogen (secondary N) is 2. The molecule has 4 aromatic carbocycles. The average Bonchev–Trinajstić information content (AvgIpc) is 2.97. The second kappa shape index (κ2) is 13.4. The maximum atomic E-state index is 13.0. The smallest absolute Gasteiger partial charge is 0.271 e. The summed E-state index contributed by atoms with van der Waals surface area (Å²) in [5, 5.41) is 6.57. The van der Waals surface area contributed by atoms with Gasteiger partial charge < -0.3 is 10.1 Å². The van der Waals surface area contributed by atoms with Crippen LogP contribution in [0.15, 0.2) is 108 Å². The molecule has 210 valence electrons. The molecule has 0 aliphatic rings. The van der Waals surface area contributed by atoms with Gasteiger partial charge in [0.1, 0.15) is 11.6 Å². The van der Waals surface area contributed by atoms with E-state index in [0.717, 1.165) is 11.8 Å². The summed E-state index contributed by atoms with van der Waals surface area (Å²) in [5.41, 5.74) is 5.15. The highest BCUT2D eigenvalue weighted by molar-refractivity contribution is 7.92. The maximum Gasteiger partial charge on any atom is 0.271 e. The molecule has 0 spiro atoms. The Labute approximate surface area is 237 Å². The van der Waals surface area contributed by atoms with E-state index in [-0.39, 0.29) is 13.2 Å². The third-order valence-corrected chi connectivity index (χ3v) is 6.89. The summed E-state index contributed by atoms with van der Waals surface area (Å²) in [5.74, 6) is -0.794. The summed E-state index contributed by atoms with van der Waals surface area (Å²) in [7, 11) is -3.55. The van der Waals surface area contributed by atoms with Gasteiger partial charge in [0, 0.05) is 11.3 Å². The zero-order chi connectivity index (χ0) is 29.2. The van der Waals surface area contributed by atoms with E-state index in [9.17, 15) is 22.4 Å². The molecular weight excluding hydrogens is 547 g/mol. The van der Waals surface area contributed by atoms with Crippen molar-refractivity contribution in [1.82, 2.24) is 5.43 Å². The predicted octanol–water partition coefficient (Wildman–Crippen LogP) is 4.57. The van der Waals surface area contributed by atoms with E-state index in [4.69, 9.17) is 4.74 Å². The second-order valence-electron chi connectivity index (χ2n) is 8.91. The number of ether oxygens (including phenoxy) is 1. The minimum atomic E-state index is -3.55. The molecule has 0 unspecified atom stereocenters. The number of hydrazone groups is 1. The lowest BCUT2D eigenvalue weighted by Gasteiger charge is -2.22. The van der Waals surface area contributed by atoms with E-state index in [1.165, 1.54) is 46.9 Å². The van der Waals surface area contributed by atoms with Crippen LogP contribution in [0, 0.1) is 5.82 Å². The van der Waals surface area contributed by atoms with Crippen LogP contribution in [0.3, 0.4) is 0 Å². The van der Waals surface area contributed by atoms with E-state index >= 15 is 0 Å². The van der Waals surface area contributed by atoms with Gasteiger partial charge in [-0.3, -0.25) is 13.9 Å². The second-order valence-corrected chi connectivity index (χ2v) is 10.8. The Bertz CT molecular complexity index is 1610. The summed E-state index contributed by atoms with van der Waals surface area (Å²) in [6.45, 7) is -0.0591. The molecule has 11 heteroatoms. The number of carbonyl (C=O) groups excluding carboxylic acids is 2. The van der Waals surface area contributed by atoms with E-state index in [1.807, 2.05) is 30.3 Å². The molecule has 2 N–H and O–H groups in total. The molecule has 0 atom stereocenters. The van der Waals surface area contributed by atoms with Crippen LogP contribution in [0.2, 0.25) is 0 Å². The van der Waals surface area contributed by atoms with Crippen molar-refractivity contribution in [2.24, 2.45) is 5.10 Å². The summed E-state index contributed by atoms with van der Waals surface area (Å²) in [6, 6.07) is 27.5. The SMILES string of the molecule is CS(=O)(=O)N(Cc1ccccc1)c1ccc(C(=O)N/N=C\c2ccc(OCC(=O)Nc3ccc(F)cc3)cc2)cc1. The van der Waals surface area contributed by atoms with Gasteiger partial charge in [-0.15, -0.1) is 0 Å². The number of rotatable bonds is 11. The van der Waals surface area contributed by atoms with Gasteiger partial charge in [-0.25, -0.2) is 18.2 Å². The molecule has 0 aliphatic carbocycles. The molecular formula is C30H27FN4O5S. The number of amides is 2. The molecule has 0 aliphatic heterocycles. The van der Waals surface area contributed by atoms with Gasteiger partial charge in [0.15, 0.2) is 6.61 Å². The van der Waals surface area contributed by atoms with E-state index in [0.29, 0.717) is 28.3 Å². The van der Waals surface area contributed by atoms with Crippen LogP contribution in [0.4, 0.5) is 15.8 Å². The largest absolute Gasteiger partial charge is 0.484 e. The number of sulfonamides is 1.